The second-order valence-electron chi connectivity index (χ2n) is 14.8. The molecular formula is C41H54N6O5S. The van der Waals surface area contributed by atoms with E-state index in [0.29, 0.717) is 18.4 Å². The Balaban J connectivity index is 0.948. The zero-order chi connectivity index (χ0) is 37.7. The molecule has 0 radical (unpaired) electrons. The van der Waals surface area contributed by atoms with Crippen LogP contribution >= 0.6 is 0 Å². The molecule has 284 valence electrons. The lowest BCUT2D eigenvalue weighted by Gasteiger charge is -2.41. The molecule has 1 saturated carbocycles. The van der Waals surface area contributed by atoms with Crippen LogP contribution in [0.3, 0.4) is 0 Å². The monoisotopic (exact) mass is 742 g/mol. The Labute approximate surface area is 314 Å². The smallest absolute Gasteiger partial charge is 0.251 e. The quantitative estimate of drug-likeness (QED) is 0.173. The maximum Gasteiger partial charge on any atom is 0.251 e. The molecule has 11 nitrogen and oxygen atoms in total. The summed E-state index contributed by atoms with van der Waals surface area (Å²) in [6, 6.07) is 23.7. The van der Waals surface area contributed by atoms with Crippen molar-refractivity contribution in [3.8, 4) is 0 Å². The Morgan fingerprint density at radius 1 is 0.698 bits per heavy atom. The number of anilines is 3. The molecule has 2 aliphatic heterocycles. The topological polar surface area (TPSA) is 140 Å². The average Bonchev–Trinajstić information content (AvgIpc) is 3.15. The predicted octanol–water partition coefficient (Wildman–Crippen LogP) is 6.20. The van der Waals surface area contributed by atoms with Crippen LogP contribution in [0.1, 0.15) is 113 Å². The number of benzene rings is 3. The van der Waals surface area contributed by atoms with Crippen molar-refractivity contribution >= 4 is 44.8 Å². The summed E-state index contributed by atoms with van der Waals surface area (Å²) >= 11 is 0. The maximum atomic E-state index is 13.0. The molecule has 53 heavy (non-hydrogen) atoms. The molecule has 1 fully saturated rings. The van der Waals surface area contributed by atoms with Crippen LogP contribution in [-0.2, 0) is 19.6 Å². The molecule has 3 aliphatic rings. The van der Waals surface area contributed by atoms with Gasteiger partial charge in [-0.2, -0.15) is 0 Å². The van der Waals surface area contributed by atoms with Gasteiger partial charge >= 0.3 is 0 Å². The van der Waals surface area contributed by atoms with Crippen molar-refractivity contribution in [1.29, 1.82) is 0 Å². The number of para-hydroxylation sites is 2. The molecule has 0 bridgehead atoms. The summed E-state index contributed by atoms with van der Waals surface area (Å²) in [6.07, 6.45) is 5.66. The standard InChI is InChI=1S/C41H54N6O5S/c1-5-39(48)46-27(3)25-35(33-11-7-9-13-37(33)46)43-30-17-15-29(16-18-30)41(50)42-23-24-53(51,52)45-32-21-19-31(20-22-32)44-36-26-28(4)47(40(49)6-2)38-14-10-8-12-34(36)38/h7-18,27-28,31-32,35-36,43-45H,5-6,19-26H2,1-4H3,(H,42,50)/t27-,28-,31?,32?,35+,36+/m0/s1. The number of rotatable bonds is 12. The van der Waals surface area contributed by atoms with Gasteiger partial charge in [-0.15, -0.1) is 0 Å². The van der Waals surface area contributed by atoms with E-state index in [1.165, 1.54) is 0 Å². The van der Waals surface area contributed by atoms with E-state index in [0.717, 1.165) is 66.7 Å². The molecule has 3 aromatic rings. The van der Waals surface area contributed by atoms with Crippen LogP contribution in [0.2, 0.25) is 0 Å². The first-order chi connectivity index (χ1) is 25.5. The lowest BCUT2D eigenvalue weighted by Crippen LogP contribution is -2.48. The molecule has 4 N–H and O–H groups in total. The summed E-state index contributed by atoms with van der Waals surface area (Å²) in [5.41, 5.74) is 5.42. The summed E-state index contributed by atoms with van der Waals surface area (Å²) in [6.45, 7) is 7.95. The van der Waals surface area contributed by atoms with Crippen molar-refractivity contribution in [2.75, 3.05) is 27.4 Å². The molecule has 0 saturated heterocycles. The molecule has 0 unspecified atom stereocenters. The van der Waals surface area contributed by atoms with E-state index in [1.807, 2.05) is 78.2 Å². The highest BCUT2D eigenvalue weighted by molar-refractivity contribution is 7.89. The SMILES string of the molecule is CCC(=O)N1c2ccccc2[C@H](Nc2ccc(C(=O)NCCS(=O)(=O)NC3CCC(N[C@@H]4C[C@H](C)N(C(=O)CC)c5ccccc54)CC3)cc2)C[C@@H]1C. The summed E-state index contributed by atoms with van der Waals surface area (Å²) in [5, 5.41) is 10.2. The van der Waals surface area contributed by atoms with Crippen molar-refractivity contribution in [2.45, 2.75) is 115 Å². The number of nitrogens with zero attached hydrogens (tertiary/aromatic N) is 2. The Bertz CT molecular complexity index is 1880. The summed E-state index contributed by atoms with van der Waals surface area (Å²) in [4.78, 5) is 42.1. The Kier molecular flexibility index (Phi) is 12.2. The molecule has 12 heteroatoms. The van der Waals surface area contributed by atoms with Crippen LogP contribution in [0.5, 0.6) is 0 Å². The predicted molar refractivity (Wildman–Crippen MR) is 211 cm³/mol. The van der Waals surface area contributed by atoms with Crippen molar-refractivity contribution in [3.05, 3.63) is 89.5 Å². The normalized spacial score (nSPS) is 24.2. The van der Waals surface area contributed by atoms with Crippen molar-refractivity contribution < 1.29 is 22.8 Å². The van der Waals surface area contributed by atoms with Gasteiger partial charge in [0.1, 0.15) is 0 Å². The lowest BCUT2D eigenvalue weighted by atomic mass is 9.87. The minimum atomic E-state index is -3.59. The van der Waals surface area contributed by atoms with Crippen molar-refractivity contribution in [2.24, 2.45) is 0 Å². The third-order valence-electron chi connectivity index (χ3n) is 11.0. The number of nitrogens with one attached hydrogen (secondary N) is 4. The molecule has 0 aromatic heterocycles. The Morgan fingerprint density at radius 2 is 1.21 bits per heavy atom. The van der Waals surface area contributed by atoms with E-state index in [2.05, 4.69) is 40.6 Å². The van der Waals surface area contributed by atoms with E-state index in [9.17, 15) is 22.8 Å². The van der Waals surface area contributed by atoms with Crippen LogP contribution in [0.4, 0.5) is 17.1 Å². The van der Waals surface area contributed by atoms with Crippen LogP contribution in [0, 0.1) is 0 Å². The highest BCUT2D eigenvalue weighted by atomic mass is 32.2. The Morgan fingerprint density at radius 3 is 1.77 bits per heavy atom. The number of carbonyl (C=O) groups is 3. The van der Waals surface area contributed by atoms with E-state index in [-0.39, 0.29) is 66.3 Å². The molecule has 1 aliphatic carbocycles. The number of sulfonamides is 1. The molecular weight excluding hydrogens is 689 g/mol. The zero-order valence-electron chi connectivity index (χ0n) is 31.3. The fourth-order valence-electron chi connectivity index (χ4n) is 8.32. The molecule has 4 atom stereocenters. The van der Waals surface area contributed by atoms with Crippen LogP contribution in [0.25, 0.3) is 0 Å². The first-order valence-corrected chi connectivity index (χ1v) is 20.9. The van der Waals surface area contributed by atoms with Crippen LogP contribution in [-0.4, -0.2) is 62.6 Å². The number of hydrogen-bond donors (Lipinski definition) is 4. The molecule has 6 rings (SSSR count). The number of carbonyl (C=O) groups excluding carboxylic acids is 3. The van der Waals surface area contributed by atoms with Gasteiger partial charge in [0.25, 0.3) is 5.91 Å². The third kappa shape index (κ3) is 8.93. The lowest BCUT2D eigenvalue weighted by molar-refractivity contribution is -0.119. The zero-order valence-corrected chi connectivity index (χ0v) is 32.1. The molecule has 3 aromatic carbocycles. The molecule has 3 amide bonds. The highest BCUT2D eigenvalue weighted by Gasteiger charge is 2.35. The van der Waals surface area contributed by atoms with Gasteiger partial charge in [-0.1, -0.05) is 50.2 Å². The summed E-state index contributed by atoms with van der Waals surface area (Å²) < 4.78 is 28.8. The number of amides is 3. The van der Waals surface area contributed by atoms with Crippen molar-refractivity contribution in [3.63, 3.8) is 0 Å². The first kappa shape index (κ1) is 38.5. The van der Waals surface area contributed by atoms with Gasteiger partial charge < -0.3 is 25.8 Å². The summed E-state index contributed by atoms with van der Waals surface area (Å²) in [7, 11) is -3.59. The van der Waals surface area contributed by atoms with E-state index < -0.39 is 10.0 Å². The average molecular weight is 743 g/mol. The van der Waals surface area contributed by atoms with E-state index >= 15 is 0 Å². The fourth-order valence-corrected chi connectivity index (χ4v) is 9.55. The fraction of sp³-hybridized carbons (Fsp3) is 0.488. The third-order valence-corrected chi connectivity index (χ3v) is 12.4. The van der Waals surface area contributed by atoms with E-state index in [4.69, 9.17) is 0 Å². The van der Waals surface area contributed by atoms with Crippen LogP contribution in [0.15, 0.2) is 72.8 Å². The van der Waals surface area contributed by atoms with Crippen LogP contribution < -0.4 is 30.5 Å². The minimum absolute atomic E-state index is 0.00558. The second-order valence-corrected chi connectivity index (χ2v) is 16.6. The van der Waals surface area contributed by atoms with Gasteiger partial charge in [-0.3, -0.25) is 14.4 Å². The van der Waals surface area contributed by atoms with Gasteiger partial charge in [0.15, 0.2) is 0 Å². The van der Waals surface area contributed by atoms with Gasteiger partial charge in [-0.25, -0.2) is 13.1 Å². The number of hydrogen-bond acceptors (Lipinski definition) is 7. The number of fused-ring (bicyclic) bond motifs is 2. The Hall–Kier alpha value is -4.26. The van der Waals surface area contributed by atoms with Gasteiger partial charge in [-0.05, 0) is 99.9 Å². The van der Waals surface area contributed by atoms with Gasteiger partial charge in [0.2, 0.25) is 21.8 Å². The van der Waals surface area contributed by atoms with Crippen molar-refractivity contribution in [1.82, 2.24) is 15.4 Å². The highest BCUT2D eigenvalue weighted by Crippen LogP contribution is 2.40. The first-order valence-electron chi connectivity index (χ1n) is 19.2. The maximum absolute atomic E-state index is 13.0. The molecule has 2 heterocycles. The molecule has 0 spiro atoms. The largest absolute Gasteiger partial charge is 0.378 e. The van der Waals surface area contributed by atoms with Gasteiger partial charge in [0.05, 0.1) is 11.8 Å². The second kappa shape index (κ2) is 16.8. The van der Waals surface area contributed by atoms with Gasteiger partial charge in [0, 0.05) is 72.2 Å². The summed E-state index contributed by atoms with van der Waals surface area (Å²) in [5.74, 6) is -0.286. The minimum Gasteiger partial charge on any atom is -0.378 e. The van der Waals surface area contributed by atoms with E-state index in [1.54, 1.807) is 12.1 Å².